The molecule has 0 unspecified atom stereocenters. The van der Waals surface area contributed by atoms with Gasteiger partial charge in [0.25, 0.3) is 0 Å². The molecular formula is C16H16Cl2N2O2. The molecule has 0 aromatic heterocycles. The minimum atomic E-state index is -0.0776. The van der Waals surface area contributed by atoms with E-state index in [0.29, 0.717) is 15.7 Å². The van der Waals surface area contributed by atoms with Crippen LogP contribution < -0.4 is 5.32 Å². The molecule has 0 saturated carbocycles. The lowest BCUT2D eigenvalue weighted by molar-refractivity contribution is 0.0997. The van der Waals surface area contributed by atoms with E-state index in [1.165, 1.54) is 0 Å². The topological polar surface area (TPSA) is 53.9 Å². The van der Waals surface area contributed by atoms with Gasteiger partial charge >= 0.3 is 0 Å². The average molecular weight is 339 g/mol. The fourth-order valence-electron chi connectivity index (χ4n) is 1.82. The van der Waals surface area contributed by atoms with Crippen molar-refractivity contribution >= 4 is 40.8 Å². The Hall–Kier alpha value is -1.75. The Balaban J connectivity index is 2.27. The number of rotatable bonds is 6. The van der Waals surface area contributed by atoms with Crippen LogP contribution in [0.1, 0.15) is 11.1 Å². The van der Waals surface area contributed by atoms with E-state index in [2.05, 4.69) is 10.5 Å². The fraction of sp³-hybridized carbons (Fsp3) is 0.188. The van der Waals surface area contributed by atoms with Crippen LogP contribution in [0, 0.1) is 6.92 Å². The second-order valence-corrected chi connectivity index (χ2v) is 5.34. The molecule has 2 aromatic carbocycles. The van der Waals surface area contributed by atoms with Crippen LogP contribution in [0.2, 0.25) is 10.0 Å². The molecule has 0 radical (unpaired) electrons. The zero-order valence-electron chi connectivity index (χ0n) is 12.0. The van der Waals surface area contributed by atoms with Crippen molar-refractivity contribution in [3.63, 3.8) is 0 Å². The first-order chi connectivity index (χ1) is 10.6. The summed E-state index contributed by atoms with van der Waals surface area (Å²) in [6, 6.07) is 11.2. The van der Waals surface area contributed by atoms with Crippen molar-refractivity contribution in [2.75, 3.05) is 18.5 Å². The zero-order chi connectivity index (χ0) is 15.9. The third-order valence-corrected chi connectivity index (χ3v) is 3.76. The number of oxime groups is 1. The molecule has 0 heterocycles. The van der Waals surface area contributed by atoms with E-state index in [0.717, 1.165) is 16.8 Å². The highest BCUT2D eigenvalue weighted by Gasteiger charge is 2.10. The van der Waals surface area contributed by atoms with Gasteiger partial charge in [0.2, 0.25) is 0 Å². The monoisotopic (exact) mass is 338 g/mol. The number of nitrogens with zero attached hydrogens (tertiary/aromatic N) is 1. The first-order valence-corrected chi connectivity index (χ1v) is 7.46. The standard InChI is InChI=1S/C16H16Cl2N2O2/c1-11-6-7-13(17)16(15(11)18)20-14-5-3-2-4-12(14)10-19-22-9-8-21/h2-7,10,20-21H,8-9H2,1H3. The smallest absolute Gasteiger partial charge is 0.140 e. The number of aliphatic hydroxyl groups excluding tert-OH is 1. The third kappa shape index (κ3) is 4.13. The molecule has 0 spiro atoms. The molecule has 4 nitrogen and oxygen atoms in total. The first kappa shape index (κ1) is 16.6. The molecule has 2 rings (SSSR count). The number of hydrogen-bond acceptors (Lipinski definition) is 4. The van der Waals surface area contributed by atoms with Gasteiger partial charge in [-0.1, -0.05) is 52.6 Å². The van der Waals surface area contributed by atoms with E-state index in [4.69, 9.17) is 33.1 Å². The predicted octanol–water partition coefficient (Wildman–Crippen LogP) is 4.39. The molecule has 22 heavy (non-hydrogen) atoms. The van der Waals surface area contributed by atoms with E-state index in [1.807, 2.05) is 37.3 Å². The average Bonchev–Trinajstić information content (AvgIpc) is 2.53. The summed E-state index contributed by atoms with van der Waals surface area (Å²) in [6.07, 6.45) is 1.57. The van der Waals surface area contributed by atoms with E-state index in [1.54, 1.807) is 12.3 Å². The maximum absolute atomic E-state index is 8.66. The van der Waals surface area contributed by atoms with Crippen molar-refractivity contribution in [3.8, 4) is 0 Å². The minimum absolute atomic E-state index is 0.0776. The first-order valence-electron chi connectivity index (χ1n) is 6.70. The number of aliphatic hydroxyl groups is 1. The normalized spacial score (nSPS) is 10.9. The lowest BCUT2D eigenvalue weighted by atomic mass is 10.1. The number of anilines is 2. The van der Waals surface area contributed by atoms with Crippen LogP contribution in [0.4, 0.5) is 11.4 Å². The van der Waals surface area contributed by atoms with Gasteiger partial charge in [0.1, 0.15) is 6.61 Å². The quantitative estimate of drug-likeness (QED) is 0.466. The van der Waals surface area contributed by atoms with Crippen molar-refractivity contribution in [1.82, 2.24) is 0 Å². The summed E-state index contributed by atoms with van der Waals surface area (Å²) in [7, 11) is 0. The summed E-state index contributed by atoms with van der Waals surface area (Å²) in [5, 5.41) is 16.8. The summed E-state index contributed by atoms with van der Waals surface area (Å²) in [6.45, 7) is 1.99. The molecule has 116 valence electrons. The molecule has 2 N–H and O–H groups in total. The van der Waals surface area contributed by atoms with Crippen molar-refractivity contribution < 1.29 is 9.94 Å². The van der Waals surface area contributed by atoms with E-state index >= 15 is 0 Å². The lowest BCUT2D eigenvalue weighted by Crippen LogP contribution is -1.99. The summed E-state index contributed by atoms with van der Waals surface area (Å²) >= 11 is 12.5. The Labute approximate surface area is 139 Å². The van der Waals surface area contributed by atoms with Gasteiger partial charge in [-0.3, -0.25) is 0 Å². The molecule has 0 saturated heterocycles. The number of hydrogen-bond donors (Lipinski definition) is 2. The van der Waals surface area contributed by atoms with Gasteiger partial charge < -0.3 is 15.3 Å². The van der Waals surface area contributed by atoms with E-state index in [9.17, 15) is 0 Å². The molecule has 0 fully saturated rings. The van der Waals surface area contributed by atoms with E-state index < -0.39 is 0 Å². The number of aryl methyl sites for hydroxylation is 1. The molecule has 0 bridgehead atoms. The Kier molecular flexibility index (Phi) is 6.07. The van der Waals surface area contributed by atoms with Gasteiger partial charge in [-0.15, -0.1) is 0 Å². The molecule has 0 atom stereocenters. The van der Waals surface area contributed by atoms with Crippen LogP contribution in [0.15, 0.2) is 41.6 Å². The SMILES string of the molecule is Cc1ccc(Cl)c(Nc2ccccc2C=NOCCO)c1Cl. The second kappa shape index (κ2) is 8.03. The summed E-state index contributed by atoms with van der Waals surface area (Å²) in [5.74, 6) is 0. The largest absolute Gasteiger partial charge is 0.393 e. The van der Waals surface area contributed by atoms with Crippen LogP contribution in [-0.4, -0.2) is 24.5 Å². The van der Waals surface area contributed by atoms with Gasteiger partial charge in [0.05, 0.1) is 28.6 Å². The fourth-order valence-corrected chi connectivity index (χ4v) is 2.28. The van der Waals surface area contributed by atoms with Gasteiger partial charge in [-0.2, -0.15) is 0 Å². The molecule has 0 amide bonds. The number of nitrogens with one attached hydrogen (secondary N) is 1. The molecular weight excluding hydrogens is 323 g/mol. The second-order valence-electron chi connectivity index (χ2n) is 4.56. The highest BCUT2D eigenvalue weighted by Crippen LogP contribution is 2.35. The number of halogens is 2. The van der Waals surface area contributed by atoms with Gasteiger partial charge in [0, 0.05) is 11.3 Å². The van der Waals surface area contributed by atoms with Crippen molar-refractivity contribution in [3.05, 3.63) is 57.6 Å². The van der Waals surface area contributed by atoms with Crippen LogP contribution in [-0.2, 0) is 4.84 Å². The highest BCUT2D eigenvalue weighted by atomic mass is 35.5. The van der Waals surface area contributed by atoms with Crippen molar-refractivity contribution in [1.29, 1.82) is 0 Å². The maximum Gasteiger partial charge on any atom is 0.140 e. The minimum Gasteiger partial charge on any atom is -0.393 e. The molecule has 0 aliphatic carbocycles. The van der Waals surface area contributed by atoms with Crippen LogP contribution in [0.5, 0.6) is 0 Å². The maximum atomic E-state index is 8.66. The Morgan fingerprint density at radius 3 is 2.77 bits per heavy atom. The molecule has 6 heteroatoms. The zero-order valence-corrected chi connectivity index (χ0v) is 13.5. The molecule has 0 aliphatic heterocycles. The Morgan fingerprint density at radius 2 is 2.00 bits per heavy atom. The van der Waals surface area contributed by atoms with Gasteiger partial charge in [-0.25, -0.2) is 0 Å². The van der Waals surface area contributed by atoms with Crippen LogP contribution in [0.3, 0.4) is 0 Å². The Bertz CT molecular complexity index is 675. The Morgan fingerprint density at radius 1 is 1.23 bits per heavy atom. The van der Waals surface area contributed by atoms with Gasteiger partial charge in [-0.05, 0) is 24.6 Å². The summed E-state index contributed by atoms with van der Waals surface area (Å²) < 4.78 is 0. The molecule has 0 aliphatic rings. The summed E-state index contributed by atoms with van der Waals surface area (Å²) in [4.78, 5) is 4.90. The summed E-state index contributed by atoms with van der Waals surface area (Å²) in [5.41, 5.74) is 3.20. The van der Waals surface area contributed by atoms with E-state index in [-0.39, 0.29) is 13.2 Å². The highest BCUT2D eigenvalue weighted by molar-refractivity contribution is 6.39. The van der Waals surface area contributed by atoms with Crippen LogP contribution >= 0.6 is 23.2 Å². The van der Waals surface area contributed by atoms with Gasteiger partial charge in [0.15, 0.2) is 0 Å². The predicted molar refractivity (Wildman–Crippen MR) is 91.6 cm³/mol. The van der Waals surface area contributed by atoms with Crippen LogP contribution in [0.25, 0.3) is 0 Å². The molecule has 2 aromatic rings. The number of para-hydroxylation sites is 1. The van der Waals surface area contributed by atoms with Crippen molar-refractivity contribution in [2.24, 2.45) is 5.16 Å². The van der Waals surface area contributed by atoms with Crippen molar-refractivity contribution in [2.45, 2.75) is 6.92 Å². The third-order valence-electron chi connectivity index (χ3n) is 2.95. The number of benzene rings is 2. The lowest BCUT2D eigenvalue weighted by Gasteiger charge is -2.14.